The smallest absolute Gasteiger partial charge is 0.333 e. The third kappa shape index (κ3) is 12.0. The second-order valence-electron chi connectivity index (χ2n) is 11.2. The number of barbiturate groups is 2. The summed E-state index contributed by atoms with van der Waals surface area (Å²) in [7, 11) is 9.58. The summed E-state index contributed by atoms with van der Waals surface area (Å²) in [5.41, 5.74) is 3.67. The number of para-hydroxylation sites is 1. The Hall–Kier alpha value is -4.85. The SMILES string of the molecule is CC#N.CN1C(=O)C(=C/C=C2\CCCN2C)C(=O)N(C)C1=O.CN1C(=O)CC(=O)N(C)C1=O.C[N+]1=C(/C=C/Nc2ccccc2)CCC1.[I-]. The van der Waals surface area contributed by atoms with Crippen LogP contribution >= 0.6 is 0 Å². The van der Waals surface area contributed by atoms with Crippen LogP contribution in [0.15, 0.2) is 66.0 Å². The zero-order valence-corrected chi connectivity index (χ0v) is 31.3. The summed E-state index contributed by atoms with van der Waals surface area (Å²) >= 11 is 0. The zero-order valence-electron chi connectivity index (χ0n) is 29.1. The van der Waals surface area contributed by atoms with Gasteiger partial charge in [0.25, 0.3) is 11.8 Å². The van der Waals surface area contributed by atoms with E-state index in [4.69, 9.17) is 5.26 Å². The number of carbonyl (C=O) groups excluding carboxylic acids is 6. The van der Waals surface area contributed by atoms with E-state index >= 15 is 0 Å². The molecule has 0 radical (unpaired) electrons. The van der Waals surface area contributed by atoms with Crippen LogP contribution < -0.4 is 29.3 Å². The summed E-state index contributed by atoms with van der Waals surface area (Å²) in [5, 5.41) is 10.6. The van der Waals surface area contributed by atoms with Crippen LogP contribution in [0, 0.1) is 11.3 Å². The lowest BCUT2D eigenvalue weighted by Crippen LogP contribution is -3.00. The monoisotopic (exact) mass is 788 g/mol. The van der Waals surface area contributed by atoms with Gasteiger partial charge in [-0.2, -0.15) is 5.26 Å². The fourth-order valence-corrected chi connectivity index (χ4v) is 4.83. The zero-order chi connectivity index (χ0) is 36.0. The number of likely N-dealkylation sites (tertiary alicyclic amines) is 1. The number of nitriles is 1. The molecular weight excluding hydrogens is 743 g/mol. The van der Waals surface area contributed by atoms with Gasteiger partial charge in [0, 0.05) is 85.2 Å². The molecule has 264 valence electrons. The van der Waals surface area contributed by atoms with Crippen molar-refractivity contribution in [1.29, 1.82) is 5.26 Å². The van der Waals surface area contributed by atoms with Crippen LogP contribution in [0.4, 0.5) is 15.3 Å². The summed E-state index contributed by atoms with van der Waals surface area (Å²) in [6.07, 6.45) is 11.8. The standard InChI is InChI=1S/C13H17N3O3.C13H16N2.C6H8N2O3.C2H3N.HI/c1-14-8-4-5-9(14)6-7-10-11(17)15(2)13(19)16(3)12(10)18;1-15-11-5-8-13(15)9-10-14-12-6-3-2-4-7-12;1-7-4(9)3-5(10)8(2)6(7)11;1-2-3;/h6-7H,4-5,8H2,1-3H3;2-4,6-7,9-10H,5,8,11H2,1H3;3H2,1-2H3;1H3;1H/b9-6+;;;;. The molecule has 0 bridgehead atoms. The summed E-state index contributed by atoms with van der Waals surface area (Å²) in [5.74, 6) is -1.99. The highest BCUT2D eigenvalue weighted by Gasteiger charge is 2.37. The predicted octanol–water partition coefficient (Wildman–Crippen LogP) is 0.0228. The van der Waals surface area contributed by atoms with Crippen molar-refractivity contribution in [3.63, 3.8) is 0 Å². The number of rotatable bonds is 4. The topological polar surface area (TPSA) is 157 Å². The van der Waals surface area contributed by atoms with E-state index in [1.807, 2.05) is 31.4 Å². The van der Waals surface area contributed by atoms with Crippen molar-refractivity contribution in [1.82, 2.24) is 24.5 Å². The molecule has 49 heavy (non-hydrogen) atoms. The highest BCUT2D eigenvalue weighted by Crippen LogP contribution is 2.20. The highest BCUT2D eigenvalue weighted by molar-refractivity contribution is 6.28. The Bertz CT molecular complexity index is 1520. The number of hydrogen-bond donors (Lipinski definition) is 1. The number of benzene rings is 1. The number of allylic oxidation sites excluding steroid dienone is 4. The van der Waals surface area contributed by atoms with E-state index in [1.165, 1.54) is 66.3 Å². The van der Waals surface area contributed by atoms with Crippen molar-refractivity contribution in [2.24, 2.45) is 0 Å². The van der Waals surface area contributed by atoms with Gasteiger partial charge >= 0.3 is 12.1 Å². The Labute approximate surface area is 305 Å². The lowest BCUT2D eigenvalue weighted by molar-refractivity contribution is -0.487. The van der Waals surface area contributed by atoms with Crippen LogP contribution in [0.1, 0.15) is 39.0 Å². The molecule has 14 nitrogen and oxygen atoms in total. The van der Waals surface area contributed by atoms with Crippen LogP contribution in [0.5, 0.6) is 0 Å². The Balaban J connectivity index is 0.000000360. The fraction of sp³-hybridized carbons (Fsp3) is 0.412. The maximum atomic E-state index is 11.9. The van der Waals surface area contributed by atoms with Crippen molar-refractivity contribution in [3.05, 3.63) is 66.0 Å². The van der Waals surface area contributed by atoms with Gasteiger partial charge in [0.15, 0.2) is 5.71 Å². The molecule has 0 spiro atoms. The van der Waals surface area contributed by atoms with Crippen LogP contribution in [0.2, 0.25) is 0 Å². The van der Waals surface area contributed by atoms with Gasteiger partial charge in [0.1, 0.15) is 25.6 Å². The Morgan fingerprint density at radius 3 is 1.80 bits per heavy atom. The van der Waals surface area contributed by atoms with E-state index in [0.29, 0.717) is 0 Å². The molecule has 4 aliphatic rings. The Kier molecular flexibility index (Phi) is 17.6. The summed E-state index contributed by atoms with van der Waals surface area (Å²) in [4.78, 5) is 73.9. The molecule has 0 aliphatic carbocycles. The van der Waals surface area contributed by atoms with E-state index in [0.717, 1.165) is 50.4 Å². The van der Waals surface area contributed by atoms with Crippen molar-refractivity contribution < 1.29 is 57.3 Å². The lowest BCUT2D eigenvalue weighted by atomic mass is 10.1. The van der Waals surface area contributed by atoms with Crippen LogP contribution in [0.3, 0.4) is 0 Å². The van der Waals surface area contributed by atoms with Gasteiger partial charge in [0.2, 0.25) is 11.8 Å². The highest BCUT2D eigenvalue weighted by atomic mass is 127. The minimum atomic E-state index is -0.599. The quantitative estimate of drug-likeness (QED) is 0.146. The lowest BCUT2D eigenvalue weighted by Gasteiger charge is -2.28. The molecule has 3 saturated heterocycles. The average Bonchev–Trinajstić information content (AvgIpc) is 3.69. The molecule has 3 fully saturated rings. The van der Waals surface area contributed by atoms with Crippen LogP contribution in [-0.2, 0) is 19.2 Å². The Morgan fingerprint density at radius 1 is 0.796 bits per heavy atom. The molecule has 0 saturated carbocycles. The molecule has 8 amide bonds. The molecule has 0 aromatic heterocycles. The fourth-order valence-electron chi connectivity index (χ4n) is 4.83. The van der Waals surface area contributed by atoms with Crippen LogP contribution in [0.25, 0.3) is 0 Å². The van der Waals surface area contributed by atoms with Crippen molar-refractivity contribution in [2.45, 2.75) is 39.0 Å². The first-order valence-corrected chi connectivity index (χ1v) is 15.4. The third-order valence-corrected chi connectivity index (χ3v) is 7.84. The molecule has 1 aromatic carbocycles. The van der Waals surface area contributed by atoms with Gasteiger partial charge in [0.05, 0.1) is 6.07 Å². The minimum Gasteiger partial charge on any atom is -1.00 e. The number of carbonyl (C=O) groups is 6. The predicted molar refractivity (Wildman–Crippen MR) is 180 cm³/mol. The molecule has 4 heterocycles. The second kappa shape index (κ2) is 20.5. The number of amides is 8. The first-order valence-electron chi connectivity index (χ1n) is 15.4. The molecule has 1 aromatic rings. The summed E-state index contributed by atoms with van der Waals surface area (Å²) < 4.78 is 2.31. The van der Waals surface area contributed by atoms with Gasteiger partial charge in [-0.25, -0.2) is 14.2 Å². The van der Waals surface area contributed by atoms with Gasteiger partial charge in [-0.1, -0.05) is 18.2 Å². The second-order valence-corrected chi connectivity index (χ2v) is 11.2. The number of nitrogens with zero attached hydrogens (tertiary/aromatic N) is 7. The van der Waals surface area contributed by atoms with E-state index < -0.39 is 35.7 Å². The van der Waals surface area contributed by atoms with Crippen LogP contribution in [-0.4, -0.2) is 126 Å². The summed E-state index contributed by atoms with van der Waals surface area (Å²) in [6.45, 7) is 3.60. The van der Waals surface area contributed by atoms with Gasteiger partial charge in [-0.15, -0.1) is 0 Å². The maximum absolute atomic E-state index is 11.9. The molecule has 5 rings (SSSR count). The first kappa shape index (κ1) is 42.2. The number of nitrogens with one attached hydrogen (secondary N) is 1. The van der Waals surface area contributed by atoms with Crippen molar-refractivity contribution in [2.75, 3.05) is 60.7 Å². The van der Waals surface area contributed by atoms with Gasteiger partial charge in [-0.3, -0.25) is 38.8 Å². The minimum absolute atomic E-state index is 0. The van der Waals surface area contributed by atoms with Gasteiger partial charge in [-0.05, 0) is 37.1 Å². The molecule has 1 N–H and O–H groups in total. The molecular formula is C34H45IN8O6. The van der Waals surface area contributed by atoms with E-state index in [9.17, 15) is 28.8 Å². The largest absolute Gasteiger partial charge is 1.00 e. The first-order chi connectivity index (χ1) is 22.7. The molecule has 4 aliphatic heterocycles. The molecule has 15 heteroatoms. The third-order valence-electron chi connectivity index (χ3n) is 7.84. The number of imide groups is 4. The normalized spacial score (nSPS) is 18.4. The number of likely N-dealkylation sites (N-methyl/N-ethyl adjacent to an activating group) is 2. The van der Waals surface area contributed by atoms with Gasteiger partial charge < -0.3 is 34.2 Å². The maximum Gasteiger partial charge on any atom is 0.333 e. The average molecular weight is 789 g/mol. The van der Waals surface area contributed by atoms with E-state index in [2.05, 4.69) is 40.0 Å². The number of anilines is 1. The van der Waals surface area contributed by atoms with Crippen molar-refractivity contribution in [3.8, 4) is 6.07 Å². The van der Waals surface area contributed by atoms with E-state index in [1.54, 1.807) is 12.1 Å². The number of halogens is 1. The number of urea groups is 2. The molecule has 0 unspecified atom stereocenters. The summed E-state index contributed by atoms with van der Waals surface area (Å²) in [6, 6.07) is 10.8. The van der Waals surface area contributed by atoms with Crippen molar-refractivity contribution >= 4 is 47.1 Å². The number of hydrogen-bond acceptors (Lipinski definition) is 9. The van der Waals surface area contributed by atoms with E-state index in [-0.39, 0.29) is 36.0 Å². The molecule has 0 atom stereocenters. The Morgan fingerprint density at radius 2 is 1.33 bits per heavy atom.